The molecule has 0 bridgehead atoms. The van der Waals surface area contributed by atoms with Crippen LogP contribution in [-0.4, -0.2) is 39.6 Å². The van der Waals surface area contributed by atoms with Crippen LogP contribution in [0.25, 0.3) is 0 Å². The van der Waals surface area contributed by atoms with E-state index in [0.717, 1.165) is 48.6 Å². The van der Waals surface area contributed by atoms with Gasteiger partial charge in [-0.05, 0) is 74.8 Å². The number of likely N-dealkylation sites (tertiary alicyclic amines) is 1. The van der Waals surface area contributed by atoms with Crippen LogP contribution in [0.1, 0.15) is 31.2 Å². The Morgan fingerprint density at radius 3 is 2.38 bits per heavy atom. The number of hydrogen-bond donors (Lipinski definition) is 0. The number of benzene rings is 3. The number of halogens is 4. The van der Waals surface area contributed by atoms with Gasteiger partial charge in [-0.25, -0.2) is 17.2 Å². The van der Waals surface area contributed by atoms with E-state index in [2.05, 4.69) is 20.8 Å². The van der Waals surface area contributed by atoms with E-state index in [0.29, 0.717) is 22.4 Å². The molecule has 10 heteroatoms. The fourth-order valence-corrected chi connectivity index (χ4v) is 6.00. The van der Waals surface area contributed by atoms with Gasteiger partial charge in [0, 0.05) is 22.6 Å². The topological polar surface area (TPSA) is 49.9 Å². The van der Waals surface area contributed by atoms with Crippen LogP contribution in [0, 0.1) is 11.6 Å². The largest absolute Gasteiger partial charge is 0.493 e. The van der Waals surface area contributed by atoms with Crippen LogP contribution in [0.5, 0.6) is 5.75 Å². The molecule has 0 amide bonds. The number of para-hydroxylation sites is 1. The zero-order valence-corrected chi connectivity index (χ0v) is 23.5. The highest BCUT2D eigenvalue weighted by atomic mass is 79.9. The van der Waals surface area contributed by atoms with Gasteiger partial charge in [-0.3, -0.25) is 4.31 Å². The Hall–Kier alpha value is -2.20. The van der Waals surface area contributed by atoms with Gasteiger partial charge in [0.05, 0.1) is 23.7 Å². The molecule has 0 saturated carbocycles. The lowest BCUT2D eigenvalue weighted by Gasteiger charge is -2.27. The van der Waals surface area contributed by atoms with E-state index in [9.17, 15) is 17.2 Å². The Bertz CT molecular complexity index is 1270. The Labute approximate surface area is 232 Å². The molecule has 1 aliphatic rings. The summed E-state index contributed by atoms with van der Waals surface area (Å²) in [7, 11) is -4.22. The number of sulfonamides is 1. The second kappa shape index (κ2) is 13.6. The standard InChI is InChI=1S/C27H29BrF2N2O3S.ClH/c28-22-9-12-24(13-10-22)36(33,34)32(26-19-23(29)11-14-25(26)30)20-21-7-2-3-8-27(21)35-18-6-17-31-15-4-1-5-16-31;/h2-3,7-14,19H,1,4-6,15-18,20H2;1H. The number of anilines is 1. The molecule has 1 fully saturated rings. The molecule has 0 aliphatic carbocycles. The highest BCUT2D eigenvalue weighted by Crippen LogP contribution is 2.32. The highest BCUT2D eigenvalue weighted by molar-refractivity contribution is 9.10. The first-order valence-electron chi connectivity index (χ1n) is 12.0. The molecule has 1 saturated heterocycles. The van der Waals surface area contributed by atoms with Crippen molar-refractivity contribution in [3.05, 3.63) is 88.4 Å². The quantitative estimate of drug-likeness (QED) is 0.236. The number of rotatable bonds is 10. The average molecular weight is 616 g/mol. The van der Waals surface area contributed by atoms with Crippen LogP contribution in [0.3, 0.4) is 0 Å². The van der Waals surface area contributed by atoms with Crippen molar-refractivity contribution in [2.75, 3.05) is 30.5 Å². The predicted molar refractivity (Wildman–Crippen MR) is 148 cm³/mol. The summed E-state index contributed by atoms with van der Waals surface area (Å²) in [4.78, 5) is 2.40. The second-order valence-corrected chi connectivity index (χ2v) is 11.6. The fraction of sp³-hybridized carbons (Fsp3) is 0.333. The van der Waals surface area contributed by atoms with Crippen molar-refractivity contribution in [2.24, 2.45) is 0 Å². The van der Waals surface area contributed by atoms with Crippen molar-refractivity contribution < 1.29 is 21.9 Å². The molecule has 1 heterocycles. The van der Waals surface area contributed by atoms with Crippen LogP contribution in [0.2, 0.25) is 0 Å². The zero-order chi connectivity index (χ0) is 25.5. The summed E-state index contributed by atoms with van der Waals surface area (Å²) < 4.78 is 63.8. The highest BCUT2D eigenvalue weighted by Gasteiger charge is 2.29. The summed E-state index contributed by atoms with van der Waals surface area (Å²) in [5.74, 6) is -1.05. The maximum atomic E-state index is 14.8. The molecular weight excluding hydrogens is 586 g/mol. The van der Waals surface area contributed by atoms with Gasteiger partial charge in [-0.2, -0.15) is 0 Å². The van der Waals surface area contributed by atoms with E-state index in [1.165, 1.54) is 31.4 Å². The minimum atomic E-state index is -4.22. The fourth-order valence-electron chi connectivity index (χ4n) is 4.29. The normalized spacial score (nSPS) is 14.1. The monoisotopic (exact) mass is 614 g/mol. The lowest BCUT2D eigenvalue weighted by molar-refractivity contribution is 0.204. The van der Waals surface area contributed by atoms with E-state index in [-0.39, 0.29) is 29.5 Å². The minimum absolute atomic E-state index is 0. The van der Waals surface area contributed by atoms with Gasteiger partial charge in [-0.15, -0.1) is 12.4 Å². The van der Waals surface area contributed by atoms with Crippen molar-refractivity contribution in [3.8, 4) is 5.75 Å². The minimum Gasteiger partial charge on any atom is -0.493 e. The average Bonchev–Trinajstić information content (AvgIpc) is 2.88. The van der Waals surface area contributed by atoms with Gasteiger partial charge in [-0.1, -0.05) is 40.5 Å². The van der Waals surface area contributed by atoms with Gasteiger partial charge in [0.25, 0.3) is 10.0 Å². The van der Waals surface area contributed by atoms with Crippen LogP contribution >= 0.6 is 28.3 Å². The maximum Gasteiger partial charge on any atom is 0.264 e. The first kappa shape index (κ1) is 29.4. The predicted octanol–water partition coefficient (Wildman–Crippen LogP) is 6.80. The van der Waals surface area contributed by atoms with E-state index >= 15 is 0 Å². The second-order valence-electron chi connectivity index (χ2n) is 8.77. The van der Waals surface area contributed by atoms with Crippen molar-refractivity contribution in [2.45, 2.75) is 37.1 Å². The van der Waals surface area contributed by atoms with Crippen LogP contribution in [0.4, 0.5) is 14.5 Å². The molecule has 0 atom stereocenters. The van der Waals surface area contributed by atoms with Crippen LogP contribution < -0.4 is 9.04 Å². The molecule has 0 aromatic heterocycles. The molecule has 3 aromatic rings. The molecule has 4 rings (SSSR count). The summed E-state index contributed by atoms with van der Waals surface area (Å²) in [5.41, 5.74) is 0.192. The number of nitrogens with zero attached hydrogens (tertiary/aromatic N) is 2. The van der Waals surface area contributed by atoms with Gasteiger partial charge in [0.2, 0.25) is 0 Å². The Balaban J connectivity index is 0.00000380. The summed E-state index contributed by atoms with van der Waals surface area (Å²) >= 11 is 3.30. The Kier molecular flexibility index (Phi) is 10.8. The van der Waals surface area contributed by atoms with Crippen LogP contribution in [-0.2, 0) is 16.6 Å². The molecule has 1 aliphatic heterocycles. The van der Waals surface area contributed by atoms with Gasteiger partial charge >= 0.3 is 0 Å². The Morgan fingerprint density at radius 2 is 1.65 bits per heavy atom. The molecule has 200 valence electrons. The zero-order valence-electron chi connectivity index (χ0n) is 20.3. The van der Waals surface area contributed by atoms with E-state index in [1.807, 2.05) is 0 Å². The number of ether oxygens (including phenoxy) is 1. The van der Waals surface area contributed by atoms with Gasteiger partial charge in [0.15, 0.2) is 0 Å². The third-order valence-corrected chi connectivity index (χ3v) is 8.49. The van der Waals surface area contributed by atoms with Gasteiger partial charge in [0.1, 0.15) is 17.4 Å². The molecular formula is C27H30BrClF2N2O3S. The van der Waals surface area contributed by atoms with Crippen molar-refractivity contribution in [1.82, 2.24) is 4.90 Å². The summed E-state index contributed by atoms with van der Waals surface area (Å²) in [5, 5.41) is 0. The molecule has 37 heavy (non-hydrogen) atoms. The van der Waals surface area contributed by atoms with E-state index in [4.69, 9.17) is 4.74 Å². The smallest absolute Gasteiger partial charge is 0.264 e. The summed E-state index contributed by atoms with van der Waals surface area (Å²) in [6, 6.07) is 15.9. The molecule has 0 radical (unpaired) electrons. The van der Waals surface area contributed by atoms with E-state index in [1.54, 1.807) is 36.4 Å². The molecule has 0 spiro atoms. The maximum absolute atomic E-state index is 14.8. The van der Waals surface area contributed by atoms with Crippen molar-refractivity contribution in [1.29, 1.82) is 0 Å². The summed E-state index contributed by atoms with van der Waals surface area (Å²) in [6.07, 6.45) is 4.58. The molecule has 3 aromatic carbocycles. The van der Waals surface area contributed by atoms with Crippen molar-refractivity contribution in [3.63, 3.8) is 0 Å². The number of piperidine rings is 1. The first-order valence-corrected chi connectivity index (χ1v) is 14.2. The third-order valence-electron chi connectivity index (χ3n) is 6.19. The first-order chi connectivity index (χ1) is 17.3. The lowest BCUT2D eigenvalue weighted by atomic mass is 10.1. The SMILES string of the molecule is Cl.O=S(=O)(c1ccc(Br)cc1)N(Cc1ccccc1OCCCN1CCCCC1)c1cc(F)ccc1F. The number of hydrogen-bond acceptors (Lipinski definition) is 4. The molecule has 0 unspecified atom stereocenters. The molecule has 5 nitrogen and oxygen atoms in total. The third kappa shape index (κ3) is 7.66. The van der Waals surface area contributed by atoms with Gasteiger partial charge < -0.3 is 9.64 Å². The summed E-state index contributed by atoms with van der Waals surface area (Å²) in [6.45, 7) is 3.42. The van der Waals surface area contributed by atoms with Crippen molar-refractivity contribution >= 4 is 44.0 Å². The Morgan fingerprint density at radius 1 is 0.946 bits per heavy atom. The van der Waals surface area contributed by atoms with Crippen LogP contribution in [0.15, 0.2) is 76.1 Å². The lowest BCUT2D eigenvalue weighted by Crippen LogP contribution is -2.32. The van der Waals surface area contributed by atoms with E-state index < -0.39 is 21.7 Å². The molecule has 0 N–H and O–H groups in total.